The number of rotatable bonds is 8. The third-order valence-electron chi connectivity index (χ3n) is 1.87. The molecule has 160 valence electrons. The van der Waals surface area contributed by atoms with E-state index in [0.29, 0.717) is 18.7 Å². The Bertz CT molecular complexity index is 141. The van der Waals surface area contributed by atoms with E-state index in [1.54, 1.807) is 0 Å². The van der Waals surface area contributed by atoms with Gasteiger partial charge in [-0.3, -0.25) is 0 Å². The molecule has 0 fully saturated rings. The standard InChI is InChI=1S/2C6H14N.C4H10O.4ClH.2Ti/c1-5(2)7-6(3)4;1-3-5-7-6-4-2;1-2-3-4-5;;;;;;/h5-6H,1-4H3;3-6H2,1-2H3;5H,2-4H2,1H3;4*1H;;/q2*-1;;;;;;;. The normalized spacial score (nSPS) is 7.44. The third-order valence-corrected chi connectivity index (χ3v) is 1.87. The summed E-state index contributed by atoms with van der Waals surface area (Å²) in [7, 11) is 0. The molecule has 25 heavy (non-hydrogen) atoms. The van der Waals surface area contributed by atoms with Gasteiger partial charge in [-0.1, -0.05) is 67.7 Å². The summed E-state index contributed by atoms with van der Waals surface area (Å²) in [6.07, 6.45) is 4.43. The van der Waals surface area contributed by atoms with Crippen LogP contribution in [0.15, 0.2) is 0 Å². The minimum Gasteiger partial charge on any atom is -0.662 e. The van der Waals surface area contributed by atoms with Crippen molar-refractivity contribution in [1.29, 1.82) is 0 Å². The first-order valence-electron chi connectivity index (χ1n) is 7.90. The van der Waals surface area contributed by atoms with E-state index in [0.717, 1.165) is 25.9 Å². The number of aliphatic hydroxyl groups excluding tert-OH is 1. The number of nitrogens with zero attached hydrogens (tertiary/aromatic N) is 2. The Kier molecular flexibility index (Phi) is 127. The molecule has 0 aliphatic carbocycles. The number of halogens is 4. The van der Waals surface area contributed by atoms with Crippen molar-refractivity contribution in [2.75, 3.05) is 19.7 Å². The van der Waals surface area contributed by atoms with E-state index in [9.17, 15) is 0 Å². The molecule has 9 heteroatoms. The summed E-state index contributed by atoms with van der Waals surface area (Å²) < 4.78 is 0. The molecule has 0 spiro atoms. The van der Waals surface area contributed by atoms with Crippen LogP contribution in [-0.2, 0) is 43.4 Å². The minimum absolute atomic E-state index is 0. The van der Waals surface area contributed by atoms with Crippen LogP contribution in [0.1, 0.15) is 74.1 Å². The molecule has 0 rings (SSSR count). The van der Waals surface area contributed by atoms with Crippen LogP contribution in [-0.4, -0.2) is 36.9 Å². The van der Waals surface area contributed by atoms with E-state index >= 15 is 0 Å². The Morgan fingerprint density at radius 3 is 1.08 bits per heavy atom. The molecule has 0 aromatic heterocycles. The monoisotopic (exact) mass is 514 g/mol. The van der Waals surface area contributed by atoms with Gasteiger partial charge < -0.3 is 15.7 Å². The van der Waals surface area contributed by atoms with Crippen LogP contribution in [0, 0.1) is 0 Å². The second-order valence-corrected chi connectivity index (χ2v) is 5.08. The molecule has 0 amide bonds. The summed E-state index contributed by atoms with van der Waals surface area (Å²) in [6.45, 7) is 17.2. The molecule has 0 heterocycles. The zero-order chi connectivity index (χ0) is 15.5. The maximum absolute atomic E-state index is 8.07. The van der Waals surface area contributed by atoms with Crippen molar-refractivity contribution in [2.45, 2.75) is 86.2 Å². The quantitative estimate of drug-likeness (QED) is 0.280. The summed E-state index contributed by atoms with van der Waals surface area (Å²) in [6, 6.07) is 1.000. The Labute approximate surface area is 213 Å². The predicted molar refractivity (Wildman–Crippen MR) is 118 cm³/mol. The van der Waals surface area contributed by atoms with Gasteiger partial charge >= 0.3 is 0 Å². The summed E-state index contributed by atoms with van der Waals surface area (Å²) in [4.78, 5) is 0. The second-order valence-electron chi connectivity index (χ2n) is 5.08. The van der Waals surface area contributed by atoms with Gasteiger partial charge in [-0.15, -0.1) is 74.8 Å². The van der Waals surface area contributed by atoms with Crippen molar-refractivity contribution in [2.24, 2.45) is 0 Å². The van der Waals surface area contributed by atoms with E-state index in [1.165, 1.54) is 12.8 Å². The van der Waals surface area contributed by atoms with Crippen molar-refractivity contribution in [1.82, 2.24) is 0 Å². The maximum atomic E-state index is 8.07. The van der Waals surface area contributed by atoms with E-state index in [4.69, 9.17) is 5.11 Å². The second kappa shape index (κ2) is 56.3. The number of hydrogen-bond acceptors (Lipinski definition) is 1. The molecule has 0 aliphatic rings. The molecule has 1 N–H and O–H groups in total. The molecule has 0 atom stereocenters. The van der Waals surface area contributed by atoms with Crippen LogP contribution in [0.3, 0.4) is 0 Å². The fraction of sp³-hybridized carbons (Fsp3) is 1.00. The van der Waals surface area contributed by atoms with Crippen LogP contribution in [0.5, 0.6) is 0 Å². The maximum Gasteiger partial charge on any atom is 0.0430 e. The van der Waals surface area contributed by atoms with E-state index in [-0.39, 0.29) is 93.1 Å². The summed E-state index contributed by atoms with van der Waals surface area (Å²) >= 11 is 0. The number of aliphatic hydroxyl groups is 1. The van der Waals surface area contributed by atoms with Gasteiger partial charge in [0.05, 0.1) is 0 Å². The fourth-order valence-corrected chi connectivity index (χ4v) is 1.18. The fourth-order valence-electron chi connectivity index (χ4n) is 1.18. The van der Waals surface area contributed by atoms with E-state index in [1.807, 2.05) is 0 Å². The van der Waals surface area contributed by atoms with Crippen LogP contribution >= 0.6 is 49.6 Å². The van der Waals surface area contributed by atoms with Crippen molar-refractivity contribution < 1.29 is 48.5 Å². The summed E-state index contributed by atoms with van der Waals surface area (Å²) in [5.74, 6) is 0. The van der Waals surface area contributed by atoms with Crippen LogP contribution < -0.4 is 0 Å². The van der Waals surface area contributed by atoms with Crippen molar-refractivity contribution >= 4 is 49.6 Å². The molecule has 0 saturated carbocycles. The molecule has 0 aromatic rings. The smallest absolute Gasteiger partial charge is 0.0430 e. The van der Waals surface area contributed by atoms with Crippen LogP contribution in [0.2, 0.25) is 0 Å². The number of hydrogen-bond donors (Lipinski definition) is 1. The Hall–Kier alpha value is 2.47. The Morgan fingerprint density at radius 2 is 1.00 bits per heavy atom. The van der Waals surface area contributed by atoms with Gasteiger partial charge in [-0.2, -0.15) is 0 Å². The first-order valence-corrected chi connectivity index (χ1v) is 7.90. The van der Waals surface area contributed by atoms with Gasteiger partial charge in [-0.25, -0.2) is 0 Å². The molecule has 0 radical (unpaired) electrons. The van der Waals surface area contributed by atoms with E-state index < -0.39 is 0 Å². The molecule has 0 unspecified atom stereocenters. The Balaban J connectivity index is -0.0000000198. The van der Waals surface area contributed by atoms with Gasteiger partial charge in [0.15, 0.2) is 0 Å². The molecule has 0 saturated heterocycles. The van der Waals surface area contributed by atoms with Gasteiger partial charge in [-0.05, 0) is 6.42 Å². The first kappa shape index (κ1) is 56.4. The molecule has 0 aliphatic heterocycles. The molecular weight excluding hydrogens is 474 g/mol. The third kappa shape index (κ3) is 102. The largest absolute Gasteiger partial charge is 0.662 e. The van der Waals surface area contributed by atoms with E-state index in [2.05, 4.69) is 59.1 Å². The summed E-state index contributed by atoms with van der Waals surface area (Å²) in [5, 5.41) is 16.6. The van der Waals surface area contributed by atoms with Gasteiger partial charge in [0.2, 0.25) is 0 Å². The van der Waals surface area contributed by atoms with Gasteiger partial charge in [0.25, 0.3) is 0 Å². The molecule has 3 nitrogen and oxygen atoms in total. The van der Waals surface area contributed by atoms with Crippen LogP contribution in [0.4, 0.5) is 0 Å². The Morgan fingerprint density at radius 1 is 0.680 bits per heavy atom. The average Bonchev–Trinajstić information content (AvgIpc) is 2.30. The summed E-state index contributed by atoms with van der Waals surface area (Å²) in [5.41, 5.74) is 0. The average molecular weight is 516 g/mol. The molecule has 0 aromatic carbocycles. The first-order chi connectivity index (χ1) is 8.95. The molecule has 0 bridgehead atoms. The van der Waals surface area contributed by atoms with Crippen LogP contribution in [0.25, 0.3) is 10.6 Å². The van der Waals surface area contributed by atoms with Gasteiger partial charge in [0.1, 0.15) is 0 Å². The van der Waals surface area contributed by atoms with Crippen molar-refractivity contribution in [3.63, 3.8) is 0 Å². The topological polar surface area (TPSA) is 48.4 Å². The van der Waals surface area contributed by atoms with Crippen molar-refractivity contribution in [3.05, 3.63) is 10.6 Å². The zero-order valence-corrected chi connectivity index (χ0v) is 23.5. The minimum atomic E-state index is 0. The number of unbranched alkanes of at least 4 members (excludes halogenated alkanes) is 1. The predicted octanol–water partition coefficient (Wildman–Crippen LogP) is 6.82. The molecular formula is C16H42Cl4N2OTi2-2. The zero-order valence-electron chi connectivity index (χ0n) is 17.1. The van der Waals surface area contributed by atoms with Gasteiger partial charge in [0, 0.05) is 50.0 Å². The van der Waals surface area contributed by atoms with Crippen molar-refractivity contribution in [3.8, 4) is 0 Å². The SMILES string of the molecule is CC(C)[N-]C(C)C.CCCCO.CCC[N-]CCC.Cl.Cl.Cl.Cl.[Ti].[Ti].